The van der Waals surface area contributed by atoms with Gasteiger partial charge >= 0.3 is 5.97 Å². The Morgan fingerprint density at radius 2 is 1.90 bits per heavy atom. The lowest BCUT2D eigenvalue weighted by atomic mass is 10.2. The van der Waals surface area contributed by atoms with E-state index in [9.17, 15) is 18.3 Å². The van der Waals surface area contributed by atoms with Gasteiger partial charge in [-0.05, 0) is 38.1 Å². The lowest BCUT2D eigenvalue weighted by Crippen LogP contribution is -2.13. The number of aromatic carboxylic acids is 1. The van der Waals surface area contributed by atoms with Crippen LogP contribution in [0.3, 0.4) is 0 Å². The van der Waals surface area contributed by atoms with Crippen LogP contribution in [-0.2, 0) is 10.0 Å². The standard InChI is InChI=1S/C13H13NO5S2/c1-7-5-12(8(2)20-7)21(18,19)14-10-6-9(13(16)17)3-4-11(10)15/h3-6,14-15H,1-2H3,(H,16,17). The highest BCUT2D eigenvalue weighted by Gasteiger charge is 2.21. The molecule has 0 radical (unpaired) electrons. The summed E-state index contributed by atoms with van der Waals surface area (Å²) in [5, 5.41) is 18.6. The summed E-state index contributed by atoms with van der Waals surface area (Å²) >= 11 is 1.34. The van der Waals surface area contributed by atoms with Crippen molar-refractivity contribution in [3.8, 4) is 5.75 Å². The van der Waals surface area contributed by atoms with Gasteiger partial charge < -0.3 is 10.2 Å². The van der Waals surface area contributed by atoms with E-state index in [2.05, 4.69) is 4.72 Å². The minimum Gasteiger partial charge on any atom is -0.506 e. The van der Waals surface area contributed by atoms with Crippen molar-refractivity contribution in [2.24, 2.45) is 0 Å². The summed E-state index contributed by atoms with van der Waals surface area (Å²) in [5.74, 6) is -1.55. The third-order valence-electron chi connectivity index (χ3n) is 2.77. The molecule has 8 heteroatoms. The maximum atomic E-state index is 12.3. The maximum absolute atomic E-state index is 12.3. The summed E-state index contributed by atoms with van der Waals surface area (Å²) in [6.45, 7) is 3.47. The van der Waals surface area contributed by atoms with Crippen molar-refractivity contribution < 1.29 is 23.4 Å². The normalized spacial score (nSPS) is 11.3. The van der Waals surface area contributed by atoms with Gasteiger partial charge in [-0.25, -0.2) is 13.2 Å². The average Bonchev–Trinajstić information content (AvgIpc) is 2.71. The van der Waals surface area contributed by atoms with Gasteiger partial charge in [0.15, 0.2) is 0 Å². The Morgan fingerprint density at radius 3 is 2.43 bits per heavy atom. The number of benzene rings is 1. The number of anilines is 1. The fraction of sp³-hybridized carbons (Fsp3) is 0.154. The second-order valence-corrected chi connectivity index (χ2v) is 7.53. The summed E-state index contributed by atoms with van der Waals surface area (Å²) in [5.41, 5.74) is -0.290. The van der Waals surface area contributed by atoms with E-state index in [4.69, 9.17) is 5.11 Å². The molecule has 0 spiro atoms. The molecule has 0 amide bonds. The molecule has 1 heterocycles. The number of phenols is 1. The number of sulfonamides is 1. The van der Waals surface area contributed by atoms with Crippen molar-refractivity contribution >= 4 is 33.0 Å². The predicted molar refractivity (Wildman–Crippen MR) is 79.7 cm³/mol. The van der Waals surface area contributed by atoms with Gasteiger partial charge in [0.05, 0.1) is 11.3 Å². The first kappa shape index (κ1) is 15.3. The molecule has 0 bridgehead atoms. The highest BCUT2D eigenvalue weighted by molar-refractivity contribution is 7.93. The van der Waals surface area contributed by atoms with Gasteiger partial charge in [-0.15, -0.1) is 11.3 Å². The number of carboxylic acids is 1. The number of aryl methyl sites for hydroxylation is 2. The SMILES string of the molecule is Cc1cc(S(=O)(=O)Nc2cc(C(=O)O)ccc2O)c(C)s1. The van der Waals surface area contributed by atoms with Gasteiger partial charge in [0.25, 0.3) is 10.0 Å². The second kappa shape index (κ2) is 5.38. The van der Waals surface area contributed by atoms with E-state index in [0.29, 0.717) is 4.88 Å². The summed E-state index contributed by atoms with van der Waals surface area (Å²) in [4.78, 5) is 12.5. The average molecular weight is 327 g/mol. The molecule has 1 aromatic carbocycles. The lowest BCUT2D eigenvalue weighted by Gasteiger charge is -2.10. The molecule has 2 rings (SSSR count). The lowest BCUT2D eigenvalue weighted by molar-refractivity contribution is 0.0697. The molecule has 0 saturated heterocycles. The Hall–Kier alpha value is -2.06. The van der Waals surface area contributed by atoms with E-state index in [1.165, 1.54) is 23.5 Å². The Kier molecular flexibility index (Phi) is 3.93. The zero-order valence-corrected chi connectivity index (χ0v) is 12.9. The Labute approximate surface area is 125 Å². The Balaban J connectivity index is 2.43. The molecule has 0 saturated carbocycles. The Bertz CT molecular complexity index is 808. The van der Waals surface area contributed by atoms with E-state index in [-0.39, 0.29) is 21.9 Å². The summed E-state index contributed by atoms with van der Waals surface area (Å²) < 4.78 is 26.8. The second-order valence-electron chi connectivity index (χ2n) is 4.42. The molecule has 0 unspecified atom stereocenters. The highest BCUT2D eigenvalue weighted by atomic mass is 32.2. The predicted octanol–water partition coefficient (Wildman–Crippen LogP) is 2.57. The van der Waals surface area contributed by atoms with Crippen LogP contribution in [0, 0.1) is 13.8 Å². The quantitative estimate of drug-likeness (QED) is 0.749. The fourth-order valence-electron chi connectivity index (χ4n) is 1.82. The van der Waals surface area contributed by atoms with Crippen LogP contribution in [0.4, 0.5) is 5.69 Å². The summed E-state index contributed by atoms with van der Waals surface area (Å²) in [7, 11) is -3.88. The number of thiophene rings is 1. The molecule has 0 atom stereocenters. The number of nitrogens with one attached hydrogen (secondary N) is 1. The molecule has 0 aliphatic carbocycles. The van der Waals surface area contributed by atoms with E-state index in [1.54, 1.807) is 13.8 Å². The van der Waals surface area contributed by atoms with Crippen LogP contribution in [0.1, 0.15) is 20.1 Å². The molecule has 21 heavy (non-hydrogen) atoms. The maximum Gasteiger partial charge on any atom is 0.335 e. The van der Waals surface area contributed by atoms with Gasteiger partial charge in [0.1, 0.15) is 10.6 Å². The molecule has 0 aliphatic rings. The molecule has 6 nitrogen and oxygen atoms in total. The molecule has 3 N–H and O–H groups in total. The topological polar surface area (TPSA) is 104 Å². The first-order chi connectivity index (χ1) is 9.70. The van der Waals surface area contributed by atoms with Gasteiger partial charge in [-0.2, -0.15) is 0 Å². The molecular weight excluding hydrogens is 314 g/mol. The van der Waals surface area contributed by atoms with Crippen molar-refractivity contribution in [1.82, 2.24) is 0 Å². The summed E-state index contributed by atoms with van der Waals surface area (Å²) in [6.07, 6.45) is 0. The van der Waals surface area contributed by atoms with Crippen molar-refractivity contribution in [3.05, 3.63) is 39.6 Å². The van der Waals surface area contributed by atoms with E-state index in [0.717, 1.165) is 17.0 Å². The highest BCUT2D eigenvalue weighted by Crippen LogP contribution is 2.30. The van der Waals surface area contributed by atoms with Crippen molar-refractivity contribution in [3.63, 3.8) is 0 Å². The summed E-state index contributed by atoms with van der Waals surface area (Å²) in [6, 6.07) is 4.92. The third kappa shape index (κ3) is 3.17. The molecule has 112 valence electrons. The van der Waals surface area contributed by atoms with Crippen molar-refractivity contribution in [2.45, 2.75) is 18.7 Å². The van der Waals surface area contributed by atoms with Gasteiger partial charge in [0, 0.05) is 9.75 Å². The zero-order chi connectivity index (χ0) is 15.8. The number of hydrogen-bond acceptors (Lipinski definition) is 5. The molecule has 2 aromatic rings. The largest absolute Gasteiger partial charge is 0.506 e. The number of carbonyl (C=O) groups is 1. The Morgan fingerprint density at radius 1 is 1.24 bits per heavy atom. The number of carboxylic acid groups (broad SMARTS) is 1. The van der Waals surface area contributed by atoms with Gasteiger partial charge in [-0.3, -0.25) is 4.72 Å². The van der Waals surface area contributed by atoms with Gasteiger partial charge in [0.2, 0.25) is 0 Å². The molecule has 0 aliphatic heterocycles. The number of hydrogen-bond donors (Lipinski definition) is 3. The monoisotopic (exact) mass is 327 g/mol. The van der Waals surface area contributed by atoms with E-state index in [1.807, 2.05) is 0 Å². The van der Waals surface area contributed by atoms with E-state index < -0.39 is 16.0 Å². The van der Waals surface area contributed by atoms with Crippen LogP contribution in [0.25, 0.3) is 0 Å². The number of rotatable bonds is 4. The zero-order valence-electron chi connectivity index (χ0n) is 11.2. The van der Waals surface area contributed by atoms with Crippen LogP contribution in [-0.4, -0.2) is 24.6 Å². The van der Waals surface area contributed by atoms with Crippen LogP contribution in [0.15, 0.2) is 29.2 Å². The van der Waals surface area contributed by atoms with Crippen LogP contribution in [0.5, 0.6) is 5.75 Å². The van der Waals surface area contributed by atoms with Crippen molar-refractivity contribution in [2.75, 3.05) is 4.72 Å². The van der Waals surface area contributed by atoms with E-state index >= 15 is 0 Å². The number of phenolic OH excluding ortho intramolecular Hbond substituents is 1. The van der Waals surface area contributed by atoms with Crippen molar-refractivity contribution in [1.29, 1.82) is 0 Å². The van der Waals surface area contributed by atoms with Gasteiger partial charge in [-0.1, -0.05) is 0 Å². The molecular formula is C13H13NO5S2. The fourth-order valence-corrected chi connectivity index (χ4v) is 4.45. The molecule has 1 aromatic heterocycles. The minimum atomic E-state index is -3.88. The minimum absolute atomic E-state index is 0.116. The number of aromatic hydroxyl groups is 1. The smallest absolute Gasteiger partial charge is 0.335 e. The van der Waals surface area contributed by atoms with Crippen LogP contribution >= 0.6 is 11.3 Å². The first-order valence-corrected chi connectivity index (χ1v) is 8.17. The first-order valence-electron chi connectivity index (χ1n) is 5.87. The third-order valence-corrected chi connectivity index (χ3v) is 5.36. The van der Waals surface area contributed by atoms with Crippen LogP contribution < -0.4 is 4.72 Å². The van der Waals surface area contributed by atoms with Crippen LogP contribution in [0.2, 0.25) is 0 Å². The molecule has 0 fully saturated rings.